The molecule has 1 amide bonds. The average Bonchev–Trinajstić information content (AvgIpc) is 2.90. The molecule has 0 spiro atoms. The Morgan fingerprint density at radius 1 is 1.39 bits per heavy atom. The summed E-state index contributed by atoms with van der Waals surface area (Å²) in [5.74, 6) is -1.23. The fourth-order valence-electron chi connectivity index (χ4n) is 2.34. The van der Waals surface area contributed by atoms with Crippen LogP contribution in [0.2, 0.25) is 0 Å². The summed E-state index contributed by atoms with van der Waals surface area (Å²) >= 11 is 0. The third kappa shape index (κ3) is 3.53. The van der Waals surface area contributed by atoms with Crippen LogP contribution in [0.25, 0.3) is 0 Å². The predicted octanol–water partition coefficient (Wildman–Crippen LogP) is 2.28. The van der Waals surface area contributed by atoms with E-state index in [4.69, 9.17) is 4.74 Å². The fourth-order valence-corrected chi connectivity index (χ4v) is 2.34. The Morgan fingerprint density at radius 3 is 2.57 bits per heavy atom. The second-order valence-electron chi connectivity index (χ2n) is 4.96. The van der Waals surface area contributed by atoms with E-state index in [-0.39, 0.29) is 24.6 Å². The molecule has 0 aromatic heterocycles. The molecule has 1 unspecified atom stereocenters. The van der Waals surface area contributed by atoms with Gasteiger partial charge in [0, 0.05) is 12.1 Å². The highest BCUT2D eigenvalue weighted by Crippen LogP contribution is 2.26. The van der Waals surface area contributed by atoms with Crippen molar-refractivity contribution in [2.45, 2.75) is 26.7 Å². The molecule has 0 radical (unpaired) electrons. The van der Waals surface area contributed by atoms with Crippen LogP contribution < -0.4 is 5.01 Å². The van der Waals surface area contributed by atoms with Crippen LogP contribution in [0.5, 0.6) is 0 Å². The van der Waals surface area contributed by atoms with Crippen molar-refractivity contribution in [3.8, 4) is 0 Å². The summed E-state index contributed by atoms with van der Waals surface area (Å²) < 4.78 is 5.00. The Kier molecular flexibility index (Phi) is 5.05. The van der Waals surface area contributed by atoms with Crippen LogP contribution in [0.3, 0.4) is 0 Å². The van der Waals surface area contributed by atoms with E-state index in [2.05, 4.69) is 5.10 Å². The maximum Gasteiger partial charge on any atom is 0.314 e. The maximum atomic E-state index is 12.1. The average molecular weight is 319 g/mol. The normalized spacial score (nSPS) is 15.3. The molecular weight excluding hydrogens is 302 g/mol. The number of benzene rings is 1. The van der Waals surface area contributed by atoms with Crippen molar-refractivity contribution in [3.63, 3.8) is 0 Å². The number of rotatable bonds is 6. The summed E-state index contributed by atoms with van der Waals surface area (Å²) in [6.45, 7) is 3.81. The van der Waals surface area contributed by atoms with E-state index < -0.39 is 16.8 Å². The molecule has 8 nitrogen and oxygen atoms in total. The molecule has 1 atom stereocenters. The molecular formula is C15H17N3O5. The number of carbonyl (C=O) groups is 2. The van der Waals surface area contributed by atoms with Crippen LogP contribution in [0.15, 0.2) is 29.4 Å². The van der Waals surface area contributed by atoms with Crippen LogP contribution in [0.1, 0.15) is 26.7 Å². The summed E-state index contributed by atoms with van der Waals surface area (Å²) in [6.07, 6.45) is 0.521. The van der Waals surface area contributed by atoms with Crippen molar-refractivity contribution in [3.05, 3.63) is 34.4 Å². The van der Waals surface area contributed by atoms with E-state index >= 15 is 0 Å². The zero-order chi connectivity index (χ0) is 17.0. The van der Waals surface area contributed by atoms with Crippen molar-refractivity contribution < 1.29 is 19.2 Å². The first-order chi connectivity index (χ1) is 11.0. The third-order valence-corrected chi connectivity index (χ3v) is 3.48. The molecule has 23 heavy (non-hydrogen) atoms. The number of nitrogens with zero attached hydrogens (tertiary/aromatic N) is 3. The van der Waals surface area contributed by atoms with Crippen LogP contribution in [-0.4, -0.2) is 29.1 Å². The number of anilines is 1. The molecule has 0 N–H and O–H groups in total. The summed E-state index contributed by atoms with van der Waals surface area (Å²) in [5, 5.41) is 16.0. The van der Waals surface area contributed by atoms with Gasteiger partial charge in [0.2, 0.25) is 0 Å². The monoisotopic (exact) mass is 319 g/mol. The molecule has 1 aliphatic heterocycles. The molecule has 0 saturated carbocycles. The molecule has 122 valence electrons. The Hall–Kier alpha value is -2.77. The minimum atomic E-state index is -0.554. The van der Waals surface area contributed by atoms with E-state index in [0.717, 1.165) is 0 Å². The van der Waals surface area contributed by atoms with Gasteiger partial charge in [-0.15, -0.1) is 0 Å². The van der Waals surface area contributed by atoms with E-state index in [1.54, 1.807) is 6.92 Å². The SMILES string of the molecule is CCOC(=O)C(CC)C1=NN(c2ccc([N+](=O)[O-])cc2)C(=O)C1. The van der Waals surface area contributed by atoms with Gasteiger partial charge in [-0.25, -0.2) is 5.01 Å². The quantitative estimate of drug-likeness (QED) is 0.454. The smallest absolute Gasteiger partial charge is 0.314 e. The number of non-ortho nitro benzene ring substituents is 1. The largest absolute Gasteiger partial charge is 0.465 e. The van der Waals surface area contributed by atoms with E-state index in [9.17, 15) is 19.7 Å². The second kappa shape index (κ2) is 6.99. The molecule has 1 aromatic carbocycles. The molecule has 8 heteroatoms. The van der Waals surface area contributed by atoms with Crippen LogP contribution in [-0.2, 0) is 14.3 Å². The number of esters is 1. The summed E-state index contributed by atoms with van der Waals surface area (Å²) in [7, 11) is 0. The topological polar surface area (TPSA) is 102 Å². The molecule has 2 rings (SSSR count). The number of hydrogen-bond acceptors (Lipinski definition) is 6. The number of amides is 1. The zero-order valence-electron chi connectivity index (χ0n) is 12.9. The van der Waals surface area contributed by atoms with Gasteiger partial charge in [-0.3, -0.25) is 19.7 Å². The molecule has 0 bridgehead atoms. The molecule has 0 aliphatic carbocycles. The lowest BCUT2D eigenvalue weighted by molar-refractivity contribution is -0.384. The summed E-state index contributed by atoms with van der Waals surface area (Å²) in [4.78, 5) is 34.2. The summed E-state index contributed by atoms with van der Waals surface area (Å²) in [5.41, 5.74) is 0.811. The van der Waals surface area contributed by atoms with Gasteiger partial charge in [-0.2, -0.15) is 5.10 Å². The van der Waals surface area contributed by atoms with Gasteiger partial charge < -0.3 is 4.74 Å². The highest BCUT2D eigenvalue weighted by atomic mass is 16.6. The van der Waals surface area contributed by atoms with Crippen molar-refractivity contribution in [2.75, 3.05) is 11.6 Å². The standard InChI is InChI=1S/C15H17N3O5/c1-3-12(15(20)23-4-2)13-9-14(19)17(16-13)10-5-7-11(8-6-10)18(21)22/h5-8,12H,3-4,9H2,1-2H3. The molecule has 1 aromatic rings. The van der Waals surface area contributed by atoms with Crippen molar-refractivity contribution in [1.29, 1.82) is 0 Å². The number of hydrogen-bond donors (Lipinski definition) is 0. The van der Waals surface area contributed by atoms with E-state index in [1.807, 2.05) is 6.92 Å². The van der Waals surface area contributed by atoms with Gasteiger partial charge >= 0.3 is 5.97 Å². The van der Waals surface area contributed by atoms with Gasteiger partial charge in [0.05, 0.1) is 35.3 Å². The number of carbonyl (C=O) groups excluding carboxylic acids is 2. The van der Waals surface area contributed by atoms with Crippen LogP contribution in [0.4, 0.5) is 11.4 Å². The lowest BCUT2D eigenvalue weighted by Gasteiger charge is -2.12. The minimum Gasteiger partial charge on any atom is -0.465 e. The number of hydrazone groups is 1. The van der Waals surface area contributed by atoms with Crippen LogP contribution >= 0.6 is 0 Å². The van der Waals surface area contributed by atoms with E-state index in [1.165, 1.54) is 29.3 Å². The Bertz CT molecular complexity index is 654. The first kappa shape index (κ1) is 16.6. The first-order valence-electron chi connectivity index (χ1n) is 7.29. The number of nitro groups is 1. The lowest BCUT2D eigenvalue weighted by Crippen LogP contribution is -2.25. The maximum absolute atomic E-state index is 12.1. The number of nitro benzene ring substituents is 1. The molecule has 0 saturated heterocycles. The summed E-state index contributed by atoms with van der Waals surface area (Å²) in [6, 6.07) is 5.51. The Labute approximate surface area is 132 Å². The molecule has 0 fully saturated rings. The second-order valence-corrected chi connectivity index (χ2v) is 4.96. The van der Waals surface area contributed by atoms with Gasteiger partial charge in [0.25, 0.3) is 11.6 Å². The number of ether oxygens (including phenoxy) is 1. The lowest BCUT2D eigenvalue weighted by atomic mass is 9.98. The molecule has 1 heterocycles. The Morgan fingerprint density at radius 2 is 2.04 bits per heavy atom. The zero-order valence-corrected chi connectivity index (χ0v) is 12.9. The van der Waals surface area contributed by atoms with Crippen molar-refractivity contribution in [2.24, 2.45) is 11.0 Å². The van der Waals surface area contributed by atoms with Gasteiger partial charge in [-0.1, -0.05) is 6.92 Å². The predicted molar refractivity (Wildman–Crippen MR) is 83.0 cm³/mol. The van der Waals surface area contributed by atoms with Crippen molar-refractivity contribution >= 4 is 29.0 Å². The van der Waals surface area contributed by atoms with Gasteiger partial charge in [-0.05, 0) is 25.5 Å². The minimum absolute atomic E-state index is 0.0360. The van der Waals surface area contributed by atoms with Gasteiger partial charge in [0.1, 0.15) is 0 Å². The van der Waals surface area contributed by atoms with Gasteiger partial charge in [0.15, 0.2) is 0 Å². The van der Waals surface area contributed by atoms with E-state index in [0.29, 0.717) is 17.8 Å². The molecule has 1 aliphatic rings. The van der Waals surface area contributed by atoms with Crippen LogP contribution in [0, 0.1) is 16.0 Å². The highest BCUT2D eigenvalue weighted by Gasteiger charge is 2.33. The fraction of sp³-hybridized carbons (Fsp3) is 0.400. The highest BCUT2D eigenvalue weighted by molar-refractivity contribution is 6.18. The first-order valence-corrected chi connectivity index (χ1v) is 7.29. The van der Waals surface area contributed by atoms with Crippen molar-refractivity contribution in [1.82, 2.24) is 0 Å². The third-order valence-electron chi connectivity index (χ3n) is 3.48. The Balaban J connectivity index is 2.23.